The van der Waals surface area contributed by atoms with Gasteiger partial charge in [0.2, 0.25) is 0 Å². The van der Waals surface area contributed by atoms with Gasteiger partial charge in [0.05, 0.1) is 18.1 Å². The van der Waals surface area contributed by atoms with Crippen molar-refractivity contribution < 1.29 is 9.47 Å². The zero-order valence-corrected chi connectivity index (χ0v) is 11.8. The maximum absolute atomic E-state index is 5.90. The van der Waals surface area contributed by atoms with E-state index in [9.17, 15) is 0 Å². The lowest BCUT2D eigenvalue weighted by Gasteiger charge is -2.23. The predicted octanol–water partition coefficient (Wildman–Crippen LogP) is 3.93. The molecule has 3 heteroatoms. The monoisotopic (exact) mass is 256 g/mol. The van der Waals surface area contributed by atoms with Crippen molar-refractivity contribution in [2.45, 2.75) is 38.7 Å². The summed E-state index contributed by atoms with van der Waals surface area (Å²) in [6.07, 6.45) is 0.846. The fourth-order valence-electron chi connectivity index (χ4n) is 1.46. The van der Waals surface area contributed by atoms with E-state index in [0.717, 1.165) is 17.7 Å². The highest BCUT2D eigenvalue weighted by molar-refractivity contribution is 6.17. The molecule has 0 N–H and O–H groups in total. The summed E-state index contributed by atoms with van der Waals surface area (Å²) in [5.74, 6) is 1.35. The van der Waals surface area contributed by atoms with Crippen molar-refractivity contribution in [3.63, 3.8) is 0 Å². The molecule has 2 nitrogen and oxygen atoms in total. The Kier molecular flexibility index (Phi) is 5.29. The van der Waals surface area contributed by atoms with E-state index in [4.69, 9.17) is 21.1 Å². The second-order valence-corrected chi connectivity index (χ2v) is 5.07. The topological polar surface area (TPSA) is 18.5 Å². The molecule has 0 spiro atoms. The minimum absolute atomic E-state index is 0.147. The molecule has 0 saturated heterocycles. The second kappa shape index (κ2) is 6.27. The van der Waals surface area contributed by atoms with E-state index in [1.807, 2.05) is 32.9 Å². The van der Waals surface area contributed by atoms with Crippen molar-refractivity contribution in [1.82, 2.24) is 0 Å². The van der Waals surface area contributed by atoms with E-state index in [0.29, 0.717) is 12.5 Å². The standard InChI is InChI=1S/C14H21ClO2/c1-11-5-6-13(12(9-11)10-15)17-8-7-14(2,3)16-4/h5-6,9H,7-8,10H2,1-4H3. The number of ether oxygens (including phenoxy) is 2. The normalized spacial score (nSPS) is 11.6. The van der Waals surface area contributed by atoms with Crippen LogP contribution in [-0.4, -0.2) is 19.3 Å². The first-order chi connectivity index (χ1) is 7.98. The van der Waals surface area contributed by atoms with Gasteiger partial charge in [0.1, 0.15) is 5.75 Å². The summed E-state index contributed by atoms with van der Waals surface area (Å²) in [5.41, 5.74) is 2.10. The second-order valence-electron chi connectivity index (χ2n) is 4.81. The highest BCUT2D eigenvalue weighted by atomic mass is 35.5. The minimum Gasteiger partial charge on any atom is -0.493 e. The summed E-state index contributed by atoms with van der Waals surface area (Å²) in [6.45, 7) is 6.78. The van der Waals surface area contributed by atoms with Gasteiger partial charge >= 0.3 is 0 Å². The molecular formula is C14H21ClO2. The fourth-order valence-corrected chi connectivity index (χ4v) is 1.67. The van der Waals surface area contributed by atoms with Gasteiger partial charge in [0.25, 0.3) is 0 Å². The van der Waals surface area contributed by atoms with E-state index in [1.54, 1.807) is 7.11 Å². The van der Waals surface area contributed by atoms with Crippen molar-refractivity contribution >= 4 is 11.6 Å². The van der Waals surface area contributed by atoms with Crippen LogP contribution in [-0.2, 0) is 10.6 Å². The van der Waals surface area contributed by atoms with Crippen LogP contribution in [0.1, 0.15) is 31.4 Å². The van der Waals surface area contributed by atoms with Crippen molar-refractivity contribution in [2.75, 3.05) is 13.7 Å². The molecule has 0 amide bonds. The number of hydrogen-bond donors (Lipinski definition) is 0. The van der Waals surface area contributed by atoms with Crippen LogP contribution in [0.15, 0.2) is 18.2 Å². The van der Waals surface area contributed by atoms with Crippen LogP contribution < -0.4 is 4.74 Å². The summed E-state index contributed by atoms with van der Waals surface area (Å²) in [5, 5.41) is 0. The Labute approximate surface area is 109 Å². The number of benzene rings is 1. The molecule has 0 bridgehead atoms. The Morgan fingerprint density at radius 3 is 2.59 bits per heavy atom. The van der Waals surface area contributed by atoms with Gasteiger partial charge in [-0.3, -0.25) is 0 Å². The summed E-state index contributed by atoms with van der Waals surface area (Å²) in [6, 6.07) is 6.07. The lowest BCUT2D eigenvalue weighted by atomic mass is 10.1. The Bertz CT molecular complexity index is 361. The quantitative estimate of drug-likeness (QED) is 0.718. The SMILES string of the molecule is COC(C)(C)CCOc1ccc(C)cc1CCl. The van der Waals surface area contributed by atoms with Crippen molar-refractivity contribution in [3.05, 3.63) is 29.3 Å². The number of halogens is 1. The number of rotatable bonds is 6. The molecular weight excluding hydrogens is 236 g/mol. The van der Waals surface area contributed by atoms with Crippen LogP contribution >= 0.6 is 11.6 Å². The molecule has 0 fully saturated rings. The van der Waals surface area contributed by atoms with Gasteiger partial charge < -0.3 is 9.47 Å². The summed E-state index contributed by atoms with van der Waals surface area (Å²) < 4.78 is 11.1. The van der Waals surface area contributed by atoms with E-state index < -0.39 is 0 Å². The summed E-state index contributed by atoms with van der Waals surface area (Å²) in [7, 11) is 1.72. The van der Waals surface area contributed by atoms with Crippen molar-refractivity contribution in [1.29, 1.82) is 0 Å². The first-order valence-electron chi connectivity index (χ1n) is 5.82. The van der Waals surface area contributed by atoms with Gasteiger partial charge in [-0.1, -0.05) is 17.7 Å². The molecule has 1 rings (SSSR count). The van der Waals surface area contributed by atoms with Crippen LogP contribution in [0.25, 0.3) is 0 Å². The Morgan fingerprint density at radius 2 is 2.00 bits per heavy atom. The largest absolute Gasteiger partial charge is 0.493 e. The molecule has 0 aromatic heterocycles. The molecule has 0 aliphatic rings. The van der Waals surface area contributed by atoms with E-state index in [2.05, 4.69) is 6.07 Å². The highest BCUT2D eigenvalue weighted by Crippen LogP contribution is 2.23. The summed E-state index contributed by atoms with van der Waals surface area (Å²) in [4.78, 5) is 0. The lowest BCUT2D eigenvalue weighted by molar-refractivity contribution is 0.00539. The lowest BCUT2D eigenvalue weighted by Crippen LogP contribution is -2.25. The van der Waals surface area contributed by atoms with E-state index >= 15 is 0 Å². The van der Waals surface area contributed by atoms with Gasteiger partial charge in [0, 0.05) is 19.1 Å². The molecule has 0 atom stereocenters. The van der Waals surface area contributed by atoms with Crippen LogP contribution in [0.5, 0.6) is 5.75 Å². The summed E-state index contributed by atoms with van der Waals surface area (Å²) >= 11 is 5.90. The molecule has 96 valence electrons. The third kappa shape index (κ3) is 4.57. The van der Waals surface area contributed by atoms with Crippen molar-refractivity contribution in [2.24, 2.45) is 0 Å². The number of alkyl halides is 1. The maximum Gasteiger partial charge on any atom is 0.123 e. The predicted molar refractivity (Wildman–Crippen MR) is 71.9 cm³/mol. The third-order valence-electron chi connectivity index (χ3n) is 2.87. The molecule has 0 aliphatic carbocycles. The van der Waals surface area contributed by atoms with Gasteiger partial charge in [-0.05, 0) is 26.8 Å². The molecule has 0 unspecified atom stereocenters. The molecule has 17 heavy (non-hydrogen) atoms. The number of methoxy groups -OCH3 is 1. The van der Waals surface area contributed by atoms with Crippen LogP contribution in [0.2, 0.25) is 0 Å². The Hall–Kier alpha value is -0.730. The number of aryl methyl sites for hydroxylation is 1. The average molecular weight is 257 g/mol. The first kappa shape index (κ1) is 14.3. The van der Waals surface area contributed by atoms with Gasteiger partial charge in [-0.2, -0.15) is 0 Å². The van der Waals surface area contributed by atoms with Crippen molar-refractivity contribution in [3.8, 4) is 5.75 Å². The van der Waals surface area contributed by atoms with E-state index in [1.165, 1.54) is 5.56 Å². The number of hydrogen-bond acceptors (Lipinski definition) is 2. The molecule has 0 radical (unpaired) electrons. The first-order valence-corrected chi connectivity index (χ1v) is 6.35. The Balaban J connectivity index is 2.57. The minimum atomic E-state index is -0.147. The van der Waals surface area contributed by atoms with E-state index in [-0.39, 0.29) is 5.60 Å². The molecule has 1 aromatic rings. The zero-order valence-electron chi connectivity index (χ0n) is 11.0. The smallest absolute Gasteiger partial charge is 0.123 e. The molecule has 0 saturated carbocycles. The molecule has 1 aromatic carbocycles. The average Bonchev–Trinajstić information content (AvgIpc) is 2.30. The highest BCUT2D eigenvalue weighted by Gasteiger charge is 2.16. The maximum atomic E-state index is 5.90. The van der Waals surface area contributed by atoms with Crippen LogP contribution in [0, 0.1) is 6.92 Å². The van der Waals surface area contributed by atoms with Gasteiger partial charge in [-0.25, -0.2) is 0 Å². The third-order valence-corrected chi connectivity index (χ3v) is 3.16. The van der Waals surface area contributed by atoms with Gasteiger partial charge in [0.15, 0.2) is 0 Å². The van der Waals surface area contributed by atoms with Gasteiger partial charge in [-0.15, -0.1) is 11.6 Å². The van der Waals surface area contributed by atoms with Crippen LogP contribution in [0.4, 0.5) is 0 Å². The zero-order chi connectivity index (χ0) is 12.9. The van der Waals surface area contributed by atoms with Crippen LogP contribution in [0.3, 0.4) is 0 Å². The molecule has 0 heterocycles. The Morgan fingerprint density at radius 1 is 1.29 bits per heavy atom. The fraction of sp³-hybridized carbons (Fsp3) is 0.571. The molecule has 0 aliphatic heterocycles.